The molecule has 0 saturated heterocycles. The van der Waals surface area contributed by atoms with Crippen molar-refractivity contribution in [1.29, 1.82) is 0 Å². The third-order valence-electron chi connectivity index (χ3n) is 3.32. The zero-order chi connectivity index (χ0) is 14.1. The van der Waals surface area contributed by atoms with Crippen LogP contribution in [0.1, 0.15) is 17.0 Å². The molecule has 3 aromatic rings. The minimum Gasteiger partial charge on any atom is -0.307 e. The van der Waals surface area contributed by atoms with Crippen LogP contribution in [-0.2, 0) is 12.4 Å². The average molecular weight is 306 g/mol. The van der Waals surface area contributed by atoms with Crippen LogP contribution in [0, 0.1) is 6.92 Å². The first-order chi connectivity index (χ1) is 9.70. The highest BCUT2D eigenvalue weighted by molar-refractivity contribution is 6.31. The summed E-state index contributed by atoms with van der Waals surface area (Å²) in [6.07, 6.45) is 1.79. The molecule has 20 heavy (non-hydrogen) atoms. The number of hydrogen-bond donors (Lipinski definition) is 0. The quantitative estimate of drug-likeness (QED) is 0.680. The Morgan fingerprint density at radius 1 is 1.20 bits per heavy atom. The minimum absolute atomic E-state index is 0.347. The number of pyridine rings is 1. The van der Waals surface area contributed by atoms with Gasteiger partial charge in [0.05, 0.1) is 12.4 Å². The molecule has 102 valence electrons. The molecule has 0 saturated carbocycles. The van der Waals surface area contributed by atoms with Crippen molar-refractivity contribution in [2.45, 2.75) is 19.3 Å². The molecule has 2 heterocycles. The molecule has 5 heteroatoms. The molecular weight excluding hydrogens is 293 g/mol. The Hall–Kier alpha value is -1.58. The van der Waals surface area contributed by atoms with Gasteiger partial charge in [0.15, 0.2) is 5.65 Å². The molecule has 0 aliphatic heterocycles. The van der Waals surface area contributed by atoms with Crippen molar-refractivity contribution in [3.8, 4) is 0 Å². The van der Waals surface area contributed by atoms with E-state index in [9.17, 15) is 0 Å². The molecular formula is C15H13Cl2N3. The summed E-state index contributed by atoms with van der Waals surface area (Å²) in [4.78, 5) is 9.02. The van der Waals surface area contributed by atoms with Gasteiger partial charge < -0.3 is 4.57 Å². The molecule has 3 rings (SSSR count). The lowest BCUT2D eigenvalue weighted by Crippen LogP contribution is -2.05. The van der Waals surface area contributed by atoms with Gasteiger partial charge in [0.25, 0.3) is 0 Å². The van der Waals surface area contributed by atoms with Crippen molar-refractivity contribution in [3.63, 3.8) is 0 Å². The second-order valence-electron chi connectivity index (χ2n) is 4.64. The Labute approximate surface area is 127 Å². The van der Waals surface area contributed by atoms with Gasteiger partial charge in [-0.2, -0.15) is 0 Å². The standard InChI is InChI=1S/C15H13Cl2N3/c1-10-6-7-18-15-14(10)19-13(8-16)20(15)9-11-4-2-3-5-12(11)17/h2-7H,8-9H2,1H3. The Morgan fingerprint density at radius 2 is 2.00 bits per heavy atom. The first-order valence-electron chi connectivity index (χ1n) is 6.31. The average Bonchev–Trinajstić information content (AvgIpc) is 2.81. The number of fused-ring (bicyclic) bond motifs is 1. The van der Waals surface area contributed by atoms with Crippen molar-refractivity contribution < 1.29 is 0 Å². The number of aromatic nitrogens is 3. The second kappa shape index (κ2) is 5.43. The maximum Gasteiger partial charge on any atom is 0.160 e. The number of alkyl halides is 1. The fourth-order valence-corrected chi connectivity index (χ4v) is 2.65. The van der Waals surface area contributed by atoms with Gasteiger partial charge in [0, 0.05) is 11.2 Å². The highest BCUT2D eigenvalue weighted by Gasteiger charge is 2.13. The van der Waals surface area contributed by atoms with Crippen LogP contribution < -0.4 is 0 Å². The minimum atomic E-state index is 0.347. The number of rotatable bonds is 3. The summed E-state index contributed by atoms with van der Waals surface area (Å²) < 4.78 is 2.02. The second-order valence-corrected chi connectivity index (χ2v) is 5.31. The summed E-state index contributed by atoms with van der Waals surface area (Å²) in [5.74, 6) is 1.16. The summed E-state index contributed by atoms with van der Waals surface area (Å²) in [6, 6.07) is 9.73. The lowest BCUT2D eigenvalue weighted by atomic mass is 10.2. The predicted molar refractivity (Wildman–Crippen MR) is 82.4 cm³/mol. The van der Waals surface area contributed by atoms with Crippen LogP contribution in [0.3, 0.4) is 0 Å². The lowest BCUT2D eigenvalue weighted by Gasteiger charge is -2.08. The Balaban J connectivity index is 2.15. The number of nitrogens with zero attached hydrogens (tertiary/aromatic N) is 3. The number of imidazole rings is 1. The summed E-state index contributed by atoms with van der Waals surface area (Å²) in [5.41, 5.74) is 3.87. The SMILES string of the molecule is Cc1ccnc2c1nc(CCl)n2Cc1ccccc1Cl. The third kappa shape index (κ3) is 2.28. The van der Waals surface area contributed by atoms with E-state index in [1.165, 1.54) is 0 Å². The molecule has 0 amide bonds. The highest BCUT2D eigenvalue weighted by Crippen LogP contribution is 2.22. The van der Waals surface area contributed by atoms with Crippen molar-refractivity contribution in [1.82, 2.24) is 14.5 Å². The van der Waals surface area contributed by atoms with Gasteiger partial charge in [-0.15, -0.1) is 11.6 Å². The largest absolute Gasteiger partial charge is 0.307 e. The van der Waals surface area contributed by atoms with Gasteiger partial charge in [-0.1, -0.05) is 29.8 Å². The number of aryl methyl sites for hydroxylation is 1. The molecule has 0 bridgehead atoms. The summed E-state index contributed by atoms with van der Waals surface area (Å²) >= 11 is 12.2. The van der Waals surface area contributed by atoms with Crippen LogP contribution in [0.5, 0.6) is 0 Å². The fourth-order valence-electron chi connectivity index (χ4n) is 2.25. The van der Waals surface area contributed by atoms with Gasteiger partial charge in [-0.25, -0.2) is 9.97 Å². The van der Waals surface area contributed by atoms with E-state index in [4.69, 9.17) is 23.2 Å². The third-order valence-corrected chi connectivity index (χ3v) is 3.93. The number of halogens is 2. The molecule has 0 aliphatic carbocycles. The van der Waals surface area contributed by atoms with Crippen LogP contribution in [0.15, 0.2) is 36.5 Å². The van der Waals surface area contributed by atoms with Gasteiger partial charge in [-0.05, 0) is 30.2 Å². The Morgan fingerprint density at radius 3 is 2.75 bits per heavy atom. The normalized spacial score (nSPS) is 11.2. The predicted octanol–water partition coefficient (Wildman–Crippen LogP) is 4.18. The van der Waals surface area contributed by atoms with Gasteiger partial charge in [0.1, 0.15) is 11.3 Å². The van der Waals surface area contributed by atoms with E-state index >= 15 is 0 Å². The van der Waals surface area contributed by atoms with Gasteiger partial charge in [-0.3, -0.25) is 0 Å². The molecule has 0 atom stereocenters. The van der Waals surface area contributed by atoms with E-state index in [2.05, 4.69) is 9.97 Å². The summed E-state index contributed by atoms with van der Waals surface area (Å²) in [5, 5.41) is 0.738. The van der Waals surface area contributed by atoms with Crippen LogP contribution in [-0.4, -0.2) is 14.5 Å². The van der Waals surface area contributed by atoms with E-state index in [0.717, 1.165) is 33.1 Å². The molecule has 0 fully saturated rings. The molecule has 0 N–H and O–H groups in total. The molecule has 0 aliphatic rings. The van der Waals surface area contributed by atoms with Crippen molar-refractivity contribution in [2.24, 2.45) is 0 Å². The highest BCUT2D eigenvalue weighted by atomic mass is 35.5. The fraction of sp³-hybridized carbons (Fsp3) is 0.200. The monoisotopic (exact) mass is 305 g/mol. The maximum absolute atomic E-state index is 6.23. The molecule has 2 aromatic heterocycles. The molecule has 0 radical (unpaired) electrons. The zero-order valence-corrected chi connectivity index (χ0v) is 12.5. The molecule has 0 spiro atoms. The van der Waals surface area contributed by atoms with Crippen LogP contribution in [0.4, 0.5) is 0 Å². The smallest absolute Gasteiger partial charge is 0.160 e. The van der Waals surface area contributed by atoms with Crippen LogP contribution >= 0.6 is 23.2 Å². The first kappa shape index (κ1) is 13.4. The van der Waals surface area contributed by atoms with Gasteiger partial charge >= 0.3 is 0 Å². The van der Waals surface area contributed by atoms with E-state index in [-0.39, 0.29) is 0 Å². The van der Waals surface area contributed by atoms with Crippen LogP contribution in [0.2, 0.25) is 5.02 Å². The van der Waals surface area contributed by atoms with E-state index in [0.29, 0.717) is 12.4 Å². The van der Waals surface area contributed by atoms with Gasteiger partial charge in [0.2, 0.25) is 0 Å². The Bertz CT molecular complexity index is 765. The van der Waals surface area contributed by atoms with Crippen LogP contribution in [0.25, 0.3) is 11.2 Å². The van der Waals surface area contributed by atoms with E-state index in [1.807, 2.05) is 41.8 Å². The summed E-state index contributed by atoms with van der Waals surface area (Å²) in [7, 11) is 0. The molecule has 1 aromatic carbocycles. The molecule has 0 unspecified atom stereocenters. The number of hydrogen-bond acceptors (Lipinski definition) is 2. The summed E-state index contributed by atoms with van der Waals surface area (Å²) in [6.45, 7) is 2.64. The maximum atomic E-state index is 6.23. The topological polar surface area (TPSA) is 30.7 Å². The van der Waals surface area contributed by atoms with Crippen molar-refractivity contribution >= 4 is 34.4 Å². The van der Waals surface area contributed by atoms with Crippen molar-refractivity contribution in [3.05, 3.63) is 58.5 Å². The van der Waals surface area contributed by atoms with Crippen molar-refractivity contribution in [2.75, 3.05) is 0 Å². The zero-order valence-electron chi connectivity index (χ0n) is 11.0. The lowest BCUT2D eigenvalue weighted by molar-refractivity contribution is 0.770. The van der Waals surface area contributed by atoms with E-state index < -0.39 is 0 Å². The number of benzene rings is 1. The van der Waals surface area contributed by atoms with E-state index in [1.54, 1.807) is 6.20 Å². The Kier molecular flexibility index (Phi) is 3.64. The molecule has 3 nitrogen and oxygen atoms in total. The first-order valence-corrected chi connectivity index (χ1v) is 7.22.